The van der Waals surface area contributed by atoms with Crippen molar-refractivity contribution >= 4 is 0 Å². The highest BCUT2D eigenvalue weighted by Crippen LogP contribution is 2.30. The fourth-order valence-corrected chi connectivity index (χ4v) is 2.92. The first-order chi connectivity index (χ1) is 12.6. The van der Waals surface area contributed by atoms with Crippen LogP contribution in [-0.2, 0) is 13.1 Å². The first kappa shape index (κ1) is 17.9. The number of hydrogen-bond donors (Lipinski definition) is 1. The third-order valence-electron chi connectivity index (χ3n) is 4.23. The lowest BCUT2D eigenvalue weighted by molar-refractivity contribution is 0.350. The van der Waals surface area contributed by atoms with Gasteiger partial charge in [-0.05, 0) is 30.7 Å². The molecule has 0 fully saturated rings. The van der Waals surface area contributed by atoms with E-state index < -0.39 is 0 Å². The third kappa shape index (κ3) is 3.70. The number of aromatic nitrogens is 2. The maximum absolute atomic E-state index is 14.4. The van der Waals surface area contributed by atoms with Crippen LogP contribution in [-0.4, -0.2) is 23.8 Å². The number of nitrogens with one attached hydrogen (secondary N) is 1. The van der Waals surface area contributed by atoms with E-state index in [4.69, 9.17) is 9.47 Å². The summed E-state index contributed by atoms with van der Waals surface area (Å²) in [7, 11) is 3.23. The standard InChI is InChI=1S/C20H22FN3O2/c1-14-23-9-10-24(14)18-8-7-15(11-17(18)21)12-22-13-16-5-4-6-19(25-2)20(16)26-3/h4-11,22H,12-13H2,1-3H3. The second kappa shape index (κ2) is 8.01. The third-order valence-corrected chi connectivity index (χ3v) is 4.23. The maximum Gasteiger partial charge on any atom is 0.165 e. The van der Waals surface area contributed by atoms with Gasteiger partial charge in [0.05, 0.1) is 19.9 Å². The van der Waals surface area contributed by atoms with Crippen LogP contribution in [0.5, 0.6) is 11.5 Å². The monoisotopic (exact) mass is 355 g/mol. The molecule has 3 aromatic rings. The number of rotatable bonds is 7. The Hall–Kier alpha value is -2.86. The van der Waals surface area contributed by atoms with E-state index in [2.05, 4.69) is 10.3 Å². The fourth-order valence-electron chi connectivity index (χ4n) is 2.92. The number of nitrogens with zero attached hydrogens (tertiary/aromatic N) is 2. The summed E-state index contributed by atoms with van der Waals surface area (Å²) in [6, 6.07) is 11.0. The molecule has 0 aliphatic rings. The zero-order valence-electron chi connectivity index (χ0n) is 15.1. The highest BCUT2D eigenvalue weighted by molar-refractivity contribution is 5.46. The van der Waals surface area contributed by atoms with Crippen molar-refractivity contribution in [3.63, 3.8) is 0 Å². The van der Waals surface area contributed by atoms with Crippen LogP contribution in [0.1, 0.15) is 17.0 Å². The molecule has 1 heterocycles. The van der Waals surface area contributed by atoms with E-state index in [1.807, 2.05) is 31.2 Å². The lowest BCUT2D eigenvalue weighted by Gasteiger charge is -2.13. The minimum absolute atomic E-state index is 0.274. The smallest absolute Gasteiger partial charge is 0.165 e. The molecule has 136 valence electrons. The molecule has 6 heteroatoms. The zero-order valence-corrected chi connectivity index (χ0v) is 15.1. The van der Waals surface area contributed by atoms with Gasteiger partial charge in [-0.2, -0.15) is 0 Å². The van der Waals surface area contributed by atoms with Crippen molar-refractivity contribution in [3.8, 4) is 17.2 Å². The Morgan fingerprint density at radius 1 is 1.12 bits per heavy atom. The fraction of sp³-hybridized carbons (Fsp3) is 0.250. The molecule has 0 radical (unpaired) electrons. The SMILES string of the molecule is COc1cccc(CNCc2ccc(-n3ccnc3C)c(F)c2)c1OC. The van der Waals surface area contributed by atoms with Gasteiger partial charge in [-0.1, -0.05) is 18.2 Å². The zero-order chi connectivity index (χ0) is 18.5. The van der Waals surface area contributed by atoms with Gasteiger partial charge >= 0.3 is 0 Å². The summed E-state index contributed by atoms with van der Waals surface area (Å²) in [5.41, 5.74) is 2.35. The van der Waals surface area contributed by atoms with Gasteiger partial charge in [-0.15, -0.1) is 0 Å². The van der Waals surface area contributed by atoms with Gasteiger partial charge in [0.2, 0.25) is 0 Å². The Labute approximate surface area is 152 Å². The number of hydrogen-bond acceptors (Lipinski definition) is 4. The molecule has 0 aliphatic heterocycles. The number of halogens is 1. The summed E-state index contributed by atoms with van der Waals surface area (Å²) < 4.78 is 26.9. The summed E-state index contributed by atoms with van der Waals surface area (Å²) in [6.45, 7) is 2.97. The van der Waals surface area contributed by atoms with Crippen LogP contribution in [0, 0.1) is 12.7 Å². The molecule has 1 aromatic heterocycles. The molecule has 2 aromatic carbocycles. The molecule has 26 heavy (non-hydrogen) atoms. The Morgan fingerprint density at radius 3 is 2.62 bits per heavy atom. The molecule has 0 saturated carbocycles. The van der Waals surface area contributed by atoms with Crippen molar-refractivity contribution in [2.45, 2.75) is 20.0 Å². The molecule has 5 nitrogen and oxygen atoms in total. The summed E-state index contributed by atoms with van der Waals surface area (Å²) in [4.78, 5) is 4.13. The molecular weight excluding hydrogens is 333 g/mol. The molecule has 1 N–H and O–H groups in total. The number of para-hydroxylation sites is 1. The van der Waals surface area contributed by atoms with Crippen LogP contribution in [0.4, 0.5) is 4.39 Å². The van der Waals surface area contributed by atoms with Gasteiger partial charge in [-0.25, -0.2) is 9.37 Å². The van der Waals surface area contributed by atoms with Crippen LogP contribution < -0.4 is 14.8 Å². The molecule has 0 aliphatic carbocycles. The van der Waals surface area contributed by atoms with Crippen molar-refractivity contribution in [1.82, 2.24) is 14.9 Å². The van der Waals surface area contributed by atoms with Gasteiger partial charge in [-0.3, -0.25) is 0 Å². The summed E-state index contributed by atoms with van der Waals surface area (Å²) in [5, 5.41) is 3.32. The van der Waals surface area contributed by atoms with Crippen molar-refractivity contribution in [2.24, 2.45) is 0 Å². The average molecular weight is 355 g/mol. The lowest BCUT2D eigenvalue weighted by Crippen LogP contribution is -2.14. The molecule has 0 unspecified atom stereocenters. The van der Waals surface area contributed by atoms with Crippen LogP contribution in [0.2, 0.25) is 0 Å². The highest BCUT2D eigenvalue weighted by Gasteiger charge is 2.10. The number of ether oxygens (including phenoxy) is 2. The minimum Gasteiger partial charge on any atom is -0.493 e. The van der Waals surface area contributed by atoms with E-state index in [9.17, 15) is 4.39 Å². The van der Waals surface area contributed by atoms with E-state index >= 15 is 0 Å². The minimum atomic E-state index is -0.274. The molecule has 3 rings (SSSR count). The van der Waals surface area contributed by atoms with Gasteiger partial charge < -0.3 is 19.4 Å². The van der Waals surface area contributed by atoms with E-state index in [1.54, 1.807) is 43.3 Å². The van der Waals surface area contributed by atoms with Crippen LogP contribution in [0.15, 0.2) is 48.8 Å². The average Bonchev–Trinajstić information content (AvgIpc) is 3.07. The Morgan fingerprint density at radius 2 is 1.96 bits per heavy atom. The van der Waals surface area contributed by atoms with Gasteiger partial charge in [0, 0.05) is 31.0 Å². The largest absolute Gasteiger partial charge is 0.493 e. The van der Waals surface area contributed by atoms with Gasteiger partial charge in [0.1, 0.15) is 11.6 Å². The molecule has 0 atom stereocenters. The maximum atomic E-state index is 14.4. The first-order valence-corrected chi connectivity index (χ1v) is 8.33. The normalized spacial score (nSPS) is 10.8. The van der Waals surface area contributed by atoms with E-state index in [1.165, 1.54) is 0 Å². The molecule has 0 amide bonds. The van der Waals surface area contributed by atoms with E-state index in [0.29, 0.717) is 30.3 Å². The Balaban J connectivity index is 1.68. The van der Waals surface area contributed by atoms with Gasteiger partial charge in [0.25, 0.3) is 0 Å². The number of aryl methyl sites for hydroxylation is 1. The van der Waals surface area contributed by atoms with Crippen LogP contribution in [0.3, 0.4) is 0 Å². The predicted octanol–water partition coefficient (Wildman–Crippen LogP) is 3.63. The van der Waals surface area contributed by atoms with Crippen molar-refractivity contribution in [2.75, 3.05) is 14.2 Å². The van der Waals surface area contributed by atoms with E-state index in [-0.39, 0.29) is 5.82 Å². The van der Waals surface area contributed by atoms with Crippen LogP contribution >= 0.6 is 0 Å². The van der Waals surface area contributed by atoms with Gasteiger partial charge in [0.15, 0.2) is 11.5 Å². The van der Waals surface area contributed by atoms with Crippen molar-refractivity contribution in [1.29, 1.82) is 0 Å². The first-order valence-electron chi connectivity index (χ1n) is 8.33. The second-order valence-corrected chi connectivity index (χ2v) is 5.89. The second-order valence-electron chi connectivity index (χ2n) is 5.89. The predicted molar refractivity (Wildman–Crippen MR) is 98.3 cm³/mol. The van der Waals surface area contributed by atoms with Crippen LogP contribution in [0.25, 0.3) is 5.69 Å². The Kier molecular flexibility index (Phi) is 5.53. The Bertz CT molecular complexity index is 893. The lowest BCUT2D eigenvalue weighted by atomic mass is 10.1. The highest BCUT2D eigenvalue weighted by atomic mass is 19.1. The molecular formula is C20H22FN3O2. The van der Waals surface area contributed by atoms with E-state index in [0.717, 1.165) is 17.0 Å². The number of benzene rings is 2. The molecule has 0 spiro atoms. The summed E-state index contributed by atoms with van der Waals surface area (Å²) in [6.07, 6.45) is 3.41. The molecule has 0 saturated heterocycles. The quantitative estimate of drug-likeness (QED) is 0.703. The summed E-state index contributed by atoms with van der Waals surface area (Å²) in [5.74, 6) is 1.88. The number of imidazole rings is 1. The molecule has 0 bridgehead atoms. The summed E-state index contributed by atoms with van der Waals surface area (Å²) >= 11 is 0. The topological polar surface area (TPSA) is 48.3 Å². The number of methoxy groups -OCH3 is 2. The van der Waals surface area contributed by atoms with Crippen molar-refractivity contribution in [3.05, 3.63) is 71.6 Å². The van der Waals surface area contributed by atoms with Crippen molar-refractivity contribution < 1.29 is 13.9 Å².